The zero-order chi connectivity index (χ0) is 11.4. The fourth-order valence-corrected chi connectivity index (χ4v) is 1.19. The van der Waals surface area contributed by atoms with Crippen LogP contribution in [0.2, 0.25) is 0 Å². The molecule has 1 amide bonds. The van der Waals surface area contributed by atoms with Gasteiger partial charge in [0.25, 0.3) is 5.91 Å². The molecule has 8 heteroatoms. The van der Waals surface area contributed by atoms with Crippen molar-refractivity contribution in [1.82, 2.24) is 30.5 Å². The van der Waals surface area contributed by atoms with Crippen molar-refractivity contribution in [2.24, 2.45) is 0 Å². The molecule has 0 saturated carbocycles. The fourth-order valence-electron chi connectivity index (χ4n) is 1.19. The second-order valence-corrected chi connectivity index (χ2v) is 3.08. The van der Waals surface area contributed by atoms with Crippen molar-refractivity contribution in [3.05, 3.63) is 24.0 Å². The molecule has 0 spiro atoms. The summed E-state index contributed by atoms with van der Waals surface area (Å²) in [7, 11) is 0. The maximum Gasteiger partial charge on any atom is 0.288 e. The van der Waals surface area contributed by atoms with E-state index in [9.17, 15) is 4.79 Å². The third kappa shape index (κ3) is 2.35. The first-order valence-electron chi connectivity index (χ1n) is 4.70. The van der Waals surface area contributed by atoms with Crippen LogP contribution in [0.25, 0.3) is 0 Å². The third-order valence-corrected chi connectivity index (χ3v) is 1.92. The second-order valence-electron chi connectivity index (χ2n) is 3.08. The van der Waals surface area contributed by atoms with Crippen LogP contribution in [0.5, 0.6) is 0 Å². The summed E-state index contributed by atoms with van der Waals surface area (Å²) in [5.74, 6) is 0.640. The number of nitrogens with one attached hydrogen (secondary N) is 3. The molecule has 16 heavy (non-hydrogen) atoms. The van der Waals surface area contributed by atoms with Crippen molar-refractivity contribution in [2.45, 2.75) is 6.42 Å². The Bertz CT molecular complexity index is 460. The van der Waals surface area contributed by atoms with E-state index in [1.54, 1.807) is 12.4 Å². The number of aromatic nitrogens is 5. The van der Waals surface area contributed by atoms with Crippen molar-refractivity contribution < 1.29 is 4.79 Å². The van der Waals surface area contributed by atoms with E-state index < -0.39 is 0 Å². The van der Waals surface area contributed by atoms with Gasteiger partial charge in [-0.2, -0.15) is 4.98 Å². The van der Waals surface area contributed by atoms with Gasteiger partial charge in [0.1, 0.15) is 5.82 Å². The van der Waals surface area contributed by atoms with Gasteiger partial charge in [-0.25, -0.2) is 4.98 Å². The number of carbonyl (C=O) groups excluding carboxylic acids is 1. The van der Waals surface area contributed by atoms with Crippen molar-refractivity contribution >= 4 is 11.9 Å². The number of imidazole rings is 1. The third-order valence-electron chi connectivity index (χ3n) is 1.92. The van der Waals surface area contributed by atoms with Gasteiger partial charge in [-0.3, -0.25) is 9.89 Å². The van der Waals surface area contributed by atoms with Gasteiger partial charge in [-0.05, 0) is 0 Å². The Morgan fingerprint density at radius 2 is 2.44 bits per heavy atom. The van der Waals surface area contributed by atoms with E-state index in [4.69, 9.17) is 5.73 Å². The summed E-state index contributed by atoms with van der Waals surface area (Å²) in [5.41, 5.74) is 5.27. The minimum Gasteiger partial charge on any atom is -0.366 e. The predicted molar refractivity (Wildman–Crippen MR) is 55.4 cm³/mol. The molecule has 84 valence electrons. The lowest BCUT2D eigenvalue weighted by atomic mass is 10.4. The van der Waals surface area contributed by atoms with Gasteiger partial charge in [0, 0.05) is 25.4 Å². The maximum absolute atomic E-state index is 11.5. The molecule has 0 saturated heterocycles. The van der Waals surface area contributed by atoms with Crippen LogP contribution in [0, 0.1) is 0 Å². The molecule has 0 unspecified atom stereocenters. The first-order valence-corrected chi connectivity index (χ1v) is 4.70. The standard InChI is InChI=1S/C8H11N7O/c9-8-13-6(14-15-8)7(16)12-2-1-5-10-3-4-11-5/h3-4H,1-2H2,(H,10,11)(H,12,16)(H3,9,13,14,15). The number of anilines is 1. The second kappa shape index (κ2) is 4.43. The highest BCUT2D eigenvalue weighted by atomic mass is 16.2. The summed E-state index contributed by atoms with van der Waals surface area (Å²) >= 11 is 0. The monoisotopic (exact) mass is 221 g/mol. The molecule has 5 N–H and O–H groups in total. The van der Waals surface area contributed by atoms with E-state index in [-0.39, 0.29) is 17.7 Å². The molecule has 2 aromatic rings. The highest BCUT2D eigenvalue weighted by molar-refractivity contribution is 5.90. The number of rotatable bonds is 4. The van der Waals surface area contributed by atoms with E-state index in [1.165, 1.54) is 0 Å². The average Bonchev–Trinajstić information content (AvgIpc) is 2.89. The summed E-state index contributed by atoms with van der Waals surface area (Å²) in [6.07, 6.45) is 4.02. The molecular formula is C8H11N7O. The van der Waals surface area contributed by atoms with Crippen molar-refractivity contribution in [1.29, 1.82) is 0 Å². The lowest BCUT2D eigenvalue weighted by Gasteiger charge is -2.00. The zero-order valence-corrected chi connectivity index (χ0v) is 8.40. The van der Waals surface area contributed by atoms with E-state index in [2.05, 4.69) is 30.5 Å². The van der Waals surface area contributed by atoms with Gasteiger partial charge in [-0.15, -0.1) is 5.10 Å². The van der Waals surface area contributed by atoms with Gasteiger partial charge in [0.05, 0.1) is 0 Å². The molecule has 2 rings (SSSR count). The molecule has 8 nitrogen and oxygen atoms in total. The van der Waals surface area contributed by atoms with Gasteiger partial charge >= 0.3 is 0 Å². The van der Waals surface area contributed by atoms with Gasteiger partial charge in [0.15, 0.2) is 0 Å². The summed E-state index contributed by atoms with van der Waals surface area (Å²) in [4.78, 5) is 22.1. The number of carbonyl (C=O) groups is 1. The number of hydrogen-bond donors (Lipinski definition) is 4. The summed E-state index contributed by atoms with van der Waals surface area (Å²) in [5, 5.41) is 8.65. The molecule has 2 aromatic heterocycles. The van der Waals surface area contributed by atoms with Crippen LogP contribution >= 0.6 is 0 Å². The minimum absolute atomic E-state index is 0.0520. The van der Waals surface area contributed by atoms with Crippen LogP contribution in [0.1, 0.15) is 16.4 Å². The maximum atomic E-state index is 11.5. The Kier molecular flexibility index (Phi) is 2.81. The minimum atomic E-state index is -0.337. The highest BCUT2D eigenvalue weighted by Crippen LogP contribution is 1.93. The van der Waals surface area contributed by atoms with Crippen LogP contribution in [0.4, 0.5) is 5.95 Å². The summed E-state index contributed by atoms with van der Waals surface area (Å²) in [6.45, 7) is 0.465. The molecule has 0 radical (unpaired) electrons. The van der Waals surface area contributed by atoms with Crippen molar-refractivity contribution in [2.75, 3.05) is 12.3 Å². The lowest BCUT2D eigenvalue weighted by Crippen LogP contribution is -2.27. The SMILES string of the molecule is Nc1n[nH]c(C(=O)NCCc2ncc[nH]2)n1. The Morgan fingerprint density at radius 3 is 3.06 bits per heavy atom. The predicted octanol–water partition coefficient (Wildman–Crippen LogP) is -0.918. The molecule has 0 aliphatic heterocycles. The molecule has 0 bridgehead atoms. The molecule has 0 aliphatic carbocycles. The molecular weight excluding hydrogens is 210 g/mol. The van der Waals surface area contributed by atoms with E-state index in [0.717, 1.165) is 5.82 Å². The number of hydrogen-bond acceptors (Lipinski definition) is 5. The topological polar surface area (TPSA) is 125 Å². The number of nitrogens with zero attached hydrogens (tertiary/aromatic N) is 3. The first kappa shape index (κ1) is 10.1. The molecule has 0 aliphatic rings. The quantitative estimate of drug-likeness (QED) is 0.531. The van der Waals surface area contributed by atoms with Gasteiger partial charge < -0.3 is 16.0 Å². The van der Waals surface area contributed by atoms with Gasteiger partial charge in [0.2, 0.25) is 11.8 Å². The van der Waals surface area contributed by atoms with Crippen LogP contribution in [-0.2, 0) is 6.42 Å². The number of H-pyrrole nitrogens is 2. The molecule has 0 atom stereocenters. The molecule has 2 heterocycles. The van der Waals surface area contributed by atoms with Crippen molar-refractivity contribution in [3.8, 4) is 0 Å². The Morgan fingerprint density at radius 1 is 1.56 bits per heavy atom. The smallest absolute Gasteiger partial charge is 0.288 e. The Labute approximate surface area is 90.7 Å². The Hall–Kier alpha value is -2.38. The normalized spacial score (nSPS) is 10.2. The van der Waals surface area contributed by atoms with Crippen molar-refractivity contribution in [3.63, 3.8) is 0 Å². The lowest BCUT2D eigenvalue weighted by molar-refractivity contribution is 0.0944. The Balaban J connectivity index is 1.80. The van der Waals surface area contributed by atoms with E-state index in [1.807, 2.05) is 0 Å². The van der Waals surface area contributed by atoms with E-state index in [0.29, 0.717) is 13.0 Å². The fraction of sp³-hybridized carbons (Fsp3) is 0.250. The first-order chi connectivity index (χ1) is 7.75. The summed E-state index contributed by atoms with van der Waals surface area (Å²) < 4.78 is 0. The number of nitrogen functional groups attached to an aromatic ring is 1. The highest BCUT2D eigenvalue weighted by Gasteiger charge is 2.09. The summed E-state index contributed by atoms with van der Waals surface area (Å²) in [6, 6.07) is 0. The largest absolute Gasteiger partial charge is 0.366 e. The average molecular weight is 221 g/mol. The van der Waals surface area contributed by atoms with Crippen LogP contribution in [0.3, 0.4) is 0 Å². The molecule has 0 aromatic carbocycles. The number of aromatic amines is 2. The number of amides is 1. The zero-order valence-electron chi connectivity index (χ0n) is 8.40. The number of nitrogens with two attached hydrogens (primary N) is 1. The van der Waals surface area contributed by atoms with Gasteiger partial charge in [-0.1, -0.05) is 0 Å². The van der Waals surface area contributed by atoms with Crippen LogP contribution in [-0.4, -0.2) is 37.6 Å². The molecule has 0 fully saturated rings. The van der Waals surface area contributed by atoms with Crippen LogP contribution in [0.15, 0.2) is 12.4 Å². The van der Waals surface area contributed by atoms with Crippen LogP contribution < -0.4 is 11.1 Å². The van der Waals surface area contributed by atoms with E-state index >= 15 is 0 Å².